The molecule has 5 heteroatoms. The van der Waals surface area contributed by atoms with Gasteiger partial charge >= 0.3 is 8.56 Å². The molecule has 0 radical (unpaired) electrons. The van der Waals surface area contributed by atoms with E-state index in [1.165, 1.54) is 0 Å². The van der Waals surface area contributed by atoms with E-state index >= 15 is 0 Å². The summed E-state index contributed by atoms with van der Waals surface area (Å²) in [5.74, 6) is 0. The normalized spacial score (nSPS) is 11.3. The lowest BCUT2D eigenvalue weighted by Crippen LogP contribution is -2.40. The Morgan fingerprint density at radius 3 is 1.53 bits per heavy atom. The third-order valence-electron chi connectivity index (χ3n) is 1.80. The molecule has 0 spiro atoms. The van der Waals surface area contributed by atoms with E-state index in [-0.39, 0.29) is 0 Å². The van der Waals surface area contributed by atoms with Crippen molar-refractivity contribution in [1.29, 1.82) is 0 Å². The van der Waals surface area contributed by atoms with Crippen molar-refractivity contribution in [3.05, 3.63) is 24.6 Å². The van der Waals surface area contributed by atoms with Crippen molar-refractivity contribution in [2.24, 2.45) is 0 Å². The highest BCUT2D eigenvalue weighted by molar-refractivity contribution is 6.77. The number of rotatable bonds is 10. The topological polar surface area (TPSA) is 36.9 Å². The van der Waals surface area contributed by atoms with Gasteiger partial charge < -0.3 is 18.3 Å². The van der Waals surface area contributed by atoms with Crippen LogP contribution in [0.5, 0.6) is 0 Å². The van der Waals surface area contributed by atoms with Crippen LogP contribution in [0.15, 0.2) is 24.6 Å². The lowest BCUT2D eigenvalue weighted by molar-refractivity contribution is 0.0959. The van der Waals surface area contributed by atoms with Gasteiger partial charge in [0.2, 0.25) is 0 Å². The molecule has 0 saturated carbocycles. The van der Waals surface area contributed by atoms with Gasteiger partial charge in [-0.3, -0.25) is 0 Å². The second-order valence-corrected chi connectivity index (χ2v) is 5.65. The summed E-state index contributed by atoms with van der Waals surface area (Å²) < 4.78 is 21.0. The van der Waals surface area contributed by atoms with E-state index in [0.29, 0.717) is 26.4 Å². The zero-order valence-corrected chi connectivity index (χ0v) is 10.5. The van der Waals surface area contributed by atoms with Crippen molar-refractivity contribution in [2.45, 2.75) is 0 Å². The first-order valence-electron chi connectivity index (χ1n) is 4.77. The van der Waals surface area contributed by atoms with Crippen LogP contribution in [-0.4, -0.2) is 49.2 Å². The molecule has 88 valence electrons. The van der Waals surface area contributed by atoms with Crippen molar-refractivity contribution in [2.75, 3.05) is 40.6 Å². The zero-order chi connectivity index (χ0) is 11.6. The number of hydrogen-bond acceptors (Lipinski definition) is 4. The molecule has 0 bridgehead atoms. The fraction of sp³-hybridized carbons (Fsp3) is 0.600. The molecular formula is C10H20O4Si. The number of methoxy groups -OCH3 is 2. The molecule has 0 saturated heterocycles. The van der Waals surface area contributed by atoms with Gasteiger partial charge in [0.25, 0.3) is 0 Å². The molecule has 0 unspecified atom stereocenters. The van der Waals surface area contributed by atoms with Crippen LogP contribution in [0.25, 0.3) is 0 Å². The summed E-state index contributed by atoms with van der Waals surface area (Å²) in [7, 11) is 0.800. The van der Waals surface area contributed by atoms with Gasteiger partial charge in [-0.15, -0.1) is 13.2 Å². The van der Waals surface area contributed by atoms with Crippen molar-refractivity contribution in [3.63, 3.8) is 0 Å². The maximum absolute atomic E-state index is 5.62. The monoisotopic (exact) mass is 232 g/mol. The third kappa shape index (κ3) is 5.86. The quantitative estimate of drug-likeness (QED) is 0.419. The van der Waals surface area contributed by atoms with Crippen LogP contribution in [0.3, 0.4) is 0 Å². The van der Waals surface area contributed by atoms with Crippen LogP contribution in [0.1, 0.15) is 0 Å². The van der Waals surface area contributed by atoms with E-state index in [1.54, 1.807) is 25.6 Å². The first kappa shape index (κ1) is 14.5. The summed E-state index contributed by atoms with van der Waals surface area (Å²) in [6.45, 7) is 9.46. The molecule has 0 aromatic heterocycles. The fourth-order valence-electron chi connectivity index (χ4n) is 0.930. The number of ether oxygens (including phenoxy) is 2. The molecule has 0 heterocycles. The third-order valence-corrected chi connectivity index (χ3v) is 4.25. The molecule has 0 aromatic rings. The fourth-order valence-corrected chi connectivity index (χ4v) is 2.46. The molecule has 0 fully saturated rings. The van der Waals surface area contributed by atoms with Gasteiger partial charge in [0, 0.05) is 14.2 Å². The molecule has 0 aliphatic rings. The van der Waals surface area contributed by atoms with Gasteiger partial charge in [-0.25, -0.2) is 0 Å². The molecule has 0 amide bonds. The average molecular weight is 232 g/mol. The molecule has 0 aliphatic carbocycles. The van der Waals surface area contributed by atoms with Gasteiger partial charge in [-0.2, -0.15) is 0 Å². The van der Waals surface area contributed by atoms with E-state index in [4.69, 9.17) is 18.3 Å². The second kappa shape index (κ2) is 8.81. The Morgan fingerprint density at radius 2 is 1.27 bits per heavy atom. The zero-order valence-electron chi connectivity index (χ0n) is 9.53. The molecule has 15 heavy (non-hydrogen) atoms. The Morgan fingerprint density at radius 1 is 0.867 bits per heavy atom. The summed E-state index contributed by atoms with van der Waals surface area (Å²) >= 11 is 0. The Bertz CT molecular complexity index is 164. The summed E-state index contributed by atoms with van der Waals surface area (Å²) in [5.41, 5.74) is 3.40. The Balaban J connectivity index is 4.05. The Kier molecular flexibility index (Phi) is 8.54. The van der Waals surface area contributed by atoms with Gasteiger partial charge in [0.1, 0.15) is 0 Å². The highest BCUT2D eigenvalue weighted by atomic mass is 28.4. The second-order valence-electron chi connectivity index (χ2n) is 2.81. The minimum Gasteiger partial charge on any atom is -0.386 e. The lowest BCUT2D eigenvalue weighted by Gasteiger charge is -2.23. The van der Waals surface area contributed by atoms with Crippen molar-refractivity contribution >= 4 is 8.56 Å². The van der Waals surface area contributed by atoms with E-state index in [9.17, 15) is 0 Å². The summed E-state index contributed by atoms with van der Waals surface area (Å²) in [6, 6.07) is 0. The standard InChI is InChI=1S/C10H20O4Si/c1-5-15(6-2,13-9-7-11-3)14-10-8-12-4/h5-6H,1-2,7-10H2,3-4H3. The largest absolute Gasteiger partial charge is 0.391 e. The van der Waals surface area contributed by atoms with Crippen molar-refractivity contribution in [1.82, 2.24) is 0 Å². The van der Waals surface area contributed by atoms with Crippen LogP contribution in [0.2, 0.25) is 0 Å². The average Bonchev–Trinajstić information content (AvgIpc) is 2.28. The van der Waals surface area contributed by atoms with Gasteiger partial charge in [0.05, 0.1) is 26.4 Å². The van der Waals surface area contributed by atoms with Gasteiger partial charge in [-0.1, -0.05) is 0 Å². The summed E-state index contributed by atoms with van der Waals surface area (Å²) in [5, 5.41) is 0. The van der Waals surface area contributed by atoms with Crippen molar-refractivity contribution < 1.29 is 18.3 Å². The Hall–Kier alpha value is -0.463. The molecule has 4 nitrogen and oxygen atoms in total. The predicted molar refractivity (Wildman–Crippen MR) is 61.8 cm³/mol. The van der Waals surface area contributed by atoms with Crippen LogP contribution in [0.4, 0.5) is 0 Å². The first-order valence-corrected chi connectivity index (χ1v) is 6.74. The van der Waals surface area contributed by atoms with E-state index in [2.05, 4.69) is 13.2 Å². The van der Waals surface area contributed by atoms with Gasteiger partial charge in [0.15, 0.2) is 0 Å². The molecular weight excluding hydrogens is 212 g/mol. The first-order chi connectivity index (χ1) is 7.24. The Labute approximate surface area is 92.7 Å². The van der Waals surface area contributed by atoms with Crippen LogP contribution in [0, 0.1) is 0 Å². The molecule has 0 atom stereocenters. The molecule has 0 aliphatic heterocycles. The van der Waals surface area contributed by atoms with Crippen LogP contribution in [-0.2, 0) is 18.3 Å². The maximum atomic E-state index is 5.62. The predicted octanol–water partition coefficient (Wildman–Crippen LogP) is 1.20. The summed E-state index contributed by atoms with van der Waals surface area (Å²) in [4.78, 5) is 0. The highest BCUT2D eigenvalue weighted by Crippen LogP contribution is 2.09. The van der Waals surface area contributed by atoms with Crippen LogP contribution < -0.4 is 0 Å². The molecule has 0 aromatic carbocycles. The minimum atomic E-state index is -2.45. The SMILES string of the molecule is C=C[Si](C=C)(OCCOC)OCCOC. The van der Waals surface area contributed by atoms with E-state index < -0.39 is 8.56 Å². The smallest absolute Gasteiger partial charge is 0.386 e. The van der Waals surface area contributed by atoms with Crippen LogP contribution >= 0.6 is 0 Å². The number of hydrogen-bond donors (Lipinski definition) is 0. The summed E-state index contributed by atoms with van der Waals surface area (Å²) in [6.07, 6.45) is 0. The van der Waals surface area contributed by atoms with Gasteiger partial charge in [-0.05, 0) is 11.4 Å². The highest BCUT2D eigenvalue weighted by Gasteiger charge is 2.30. The molecule has 0 N–H and O–H groups in total. The lowest BCUT2D eigenvalue weighted by atomic mass is 10.8. The van der Waals surface area contributed by atoms with E-state index in [0.717, 1.165) is 0 Å². The molecule has 0 rings (SSSR count). The van der Waals surface area contributed by atoms with E-state index in [1.807, 2.05) is 0 Å². The van der Waals surface area contributed by atoms with Crippen molar-refractivity contribution in [3.8, 4) is 0 Å². The minimum absolute atomic E-state index is 0.480. The maximum Gasteiger partial charge on any atom is 0.391 e.